The van der Waals surface area contributed by atoms with Gasteiger partial charge in [-0.3, -0.25) is 4.79 Å². The monoisotopic (exact) mass is 427 g/mol. The van der Waals surface area contributed by atoms with Crippen molar-refractivity contribution in [3.63, 3.8) is 0 Å². The largest absolute Gasteiger partial charge is 0.486 e. The van der Waals surface area contributed by atoms with Crippen LogP contribution in [0.25, 0.3) is 0 Å². The summed E-state index contributed by atoms with van der Waals surface area (Å²) in [6.07, 6.45) is 2.98. The van der Waals surface area contributed by atoms with Crippen molar-refractivity contribution in [3.05, 3.63) is 65.2 Å². The number of piperazine rings is 1. The van der Waals surface area contributed by atoms with Gasteiger partial charge in [0.15, 0.2) is 11.6 Å². The van der Waals surface area contributed by atoms with Gasteiger partial charge in [0, 0.05) is 48.8 Å². The molecule has 0 radical (unpaired) electrons. The molecule has 2 saturated heterocycles. The Bertz CT molecular complexity index is 943. The fourth-order valence-corrected chi connectivity index (χ4v) is 4.83. The summed E-state index contributed by atoms with van der Waals surface area (Å²) in [7, 11) is 0. The van der Waals surface area contributed by atoms with Crippen molar-refractivity contribution >= 4 is 5.91 Å². The molecular weight excluding hydrogens is 400 g/mol. The molecule has 7 heteroatoms. The van der Waals surface area contributed by atoms with Crippen molar-refractivity contribution in [2.24, 2.45) is 0 Å². The molecule has 4 atom stereocenters. The Morgan fingerprint density at radius 1 is 1.13 bits per heavy atom. The van der Waals surface area contributed by atoms with Gasteiger partial charge >= 0.3 is 0 Å². The van der Waals surface area contributed by atoms with E-state index in [4.69, 9.17) is 4.74 Å². The second-order valence-corrected chi connectivity index (χ2v) is 8.85. The number of nitrogens with zero attached hydrogens (tertiary/aromatic N) is 1. The van der Waals surface area contributed by atoms with Crippen molar-refractivity contribution in [2.75, 3.05) is 19.6 Å². The Morgan fingerprint density at radius 2 is 1.87 bits per heavy atom. The van der Waals surface area contributed by atoms with Crippen LogP contribution in [0, 0.1) is 11.6 Å². The molecule has 2 aromatic carbocycles. The van der Waals surface area contributed by atoms with E-state index in [1.807, 2.05) is 35.2 Å². The molecule has 1 saturated carbocycles. The molecule has 2 heterocycles. The molecule has 3 aliphatic rings. The maximum atomic E-state index is 14.5. The summed E-state index contributed by atoms with van der Waals surface area (Å²) >= 11 is 0. The Labute approximate surface area is 180 Å². The number of benzene rings is 2. The second-order valence-electron chi connectivity index (χ2n) is 8.85. The van der Waals surface area contributed by atoms with Gasteiger partial charge in [-0.1, -0.05) is 30.3 Å². The SMILES string of the molecule is O=C(CNC1CC1c1cc(F)cc(F)c1OCc1ccccc1)N1CC2CCC(C1)N2. The highest BCUT2D eigenvalue weighted by molar-refractivity contribution is 5.78. The maximum absolute atomic E-state index is 14.5. The molecule has 0 aromatic heterocycles. The van der Waals surface area contributed by atoms with Crippen LogP contribution in [0.3, 0.4) is 0 Å². The number of halogens is 2. The second kappa shape index (κ2) is 8.55. The molecule has 164 valence electrons. The first-order valence-corrected chi connectivity index (χ1v) is 11.0. The Kier molecular flexibility index (Phi) is 5.63. The molecule has 0 spiro atoms. The molecule has 5 nitrogen and oxygen atoms in total. The zero-order valence-electron chi connectivity index (χ0n) is 17.3. The van der Waals surface area contributed by atoms with Gasteiger partial charge in [0.2, 0.25) is 5.91 Å². The zero-order chi connectivity index (χ0) is 21.4. The summed E-state index contributed by atoms with van der Waals surface area (Å²) in [6, 6.07) is 12.5. The lowest BCUT2D eigenvalue weighted by atomic mass is 10.1. The molecule has 2 aliphatic heterocycles. The molecular formula is C24H27F2N3O2. The predicted octanol–water partition coefficient (Wildman–Crippen LogP) is 2.95. The first kappa shape index (κ1) is 20.4. The standard InChI is InChI=1S/C24H27F2N3O2/c25-16-8-20(24(21(26)9-16)31-14-15-4-2-1-3-5-15)19-10-22(19)27-11-23(30)29-12-17-6-7-18(13-29)28-17/h1-5,8-9,17-19,22,27-28H,6-7,10-14H2. The lowest BCUT2D eigenvalue weighted by molar-refractivity contribution is -0.131. The summed E-state index contributed by atoms with van der Waals surface area (Å²) in [5, 5.41) is 6.80. The number of ether oxygens (including phenoxy) is 1. The highest BCUT2D eigenvalue weighted by Gasteiger charge is 2.42. The first-order chi connectivity index (χ1) is 15.1. The van der Waals surface area contributed by atoms with Gasteiger partial charge in [-0.05, 0) is 30.9 Å². The number of amides is 1. The minimum atomic E-state index is -0.691. The highest BCUT2D eigenvalue weighted by Crippen LogP contribution is 2.46. The Hall–Kier alpha value is -2.51. The molecule has 4 unspecified atom stereocenters. The van der Waals surface area contributed by atoms with Crippen molar-refractivity contribution in [3.8, 4) is 5.75 Å². The molecule has 3 fully saturated rings. The minimum absolute atomic E-state index is 0.0175. The van der Waals surface area contributed by atoms with Crippen LogP contribution in [0.5, 0.6) is 5.75 Å². The van der Waals surface area contributed by atoms with Crippen LogP contribution in [0.15, 0.2) is 42.5 Å². The lowest BCUT2D eigenvalue weighted by Crippen LogP contribution is -2.54. The number of rotatable bonds is 7. The van der Waals surface area contributed by atoms with Crippen LogP contribution in [0.1, 0.15) is 36.3 Å². The Balaban J connectivity index is 1.20. The number of carbonyl (C=O) groups excluding carboxylic acids is 1. The number of hydrogen-bond acceptors (Lipinski definition) is 4. The minimum Gasteiger partial charge on any atom is -0.486 e. The normalized spacial score (nSPS) is 26.7. The number of carbonyl (C=O) groups is 1. The average molecular weight is 427 g/mol. The van der Waals surface area contributed by atoms with Gasteiger partial charge in [-0.25, -0.2) is 8.78 Å². The van der Waals surface area contributed by atoms with Crippen molar-refractivity contribution < 1.29 is 18.3 Å². The third kappa shape index (κ3) is 4.57. The fraction of sp³-hybridized carbons (Fsp3) is 0.458. The van der Waals surface area contributed by atoms with Gasteiger partial charge < -0.3 is 20.3 Å². The van der Waals surface area contributed by atoms with E-state index in [2.05, 4.69) is 10.6 Å². The van der Waals surface area contributed by atoms with Crippen molar-refractivity contribution in [2.45, 2.75) is 49.9 Å². The molecule has 1 aliphatic carbocycles. The van der Waals surface area contributed by atoms with E-state index in [0.717, 1.165) is 44.0 Å². The first-order valence-electron chi connectivity index (χ1n) is 11.0. The maximum Gasteiger partial charge on any atom is 0.236 e. The number of hydrogen-bond donors (Lipinski definition) is 2. The van der Waals surface area contributed by atoms with Crippen LogP contribution < -0.4 is 15.4 Å². The number of nitrogens with one attached hydrogen (secondary N) is 2. The zero-order valence-corrected chi connectivity index (χ0v) is 17.3. The van der Waals surface area contributed by atoms with E-state index in [9.17, 15) is 13.6 Å². The van der Waals surface area contributed by atoms with Gasteiger partial charge in [0.25, 0.3) is 0 Å². The number of likely N-dealkylation sites (tertiary alicyclic amines) is 1. The molecule has 31 heavy (non-hydrogen) atoms. The summed E-state index contributed by atoms with van der Waals surface area (Å²) in [6.45, 7) is 1.99. The predicted molar refractivity (Wildman–Crippen MR) is 113 cm³/mol. The van der Waals surface area contributed by atoms with E-state index in [1.165, 1.54) is 6.07 Å². The van der Waals surface area contributed by atoms with Crippen LogP contribution in [0.4, 0.5) is 8.78 Å². The third-order valence-electron chi connectivity index (χ3n) is 6.54. The van der Waals surface area contributed by atoms with Gasteiger partial charge in [0.05, 0.1) is 6.54 Å². The quantitative estimate of drug-likeness (QED) is 0.714. The Morgan fingerprint density at radius 3 is 2.61 bits per heavy atom. The molecule has 2 N–H and O–H groups in total. The van der Waals surface area contributed by atoms with Crippen LogP contribution in [0.2, 0.25) is 0 Å². The van der Waals surface area contributed by atoms with Crippen LogP contribution >= 0.6 is 0 Å². The summed E-state index contributed by atoms with van der Waals surface area (Å²) < 4.78 is 34.2. The van der Waals surface area contributed by atoms with Gasteiger partial charge in [-0.15, -0.1) is 0 Å². The van der Waals surface area contributed by atoms with E-state index >= 15 is 0 Å². The third-order valence-corrected chi connectivity index (χ3v) is 6.54. The van der Waals surface area contributed by atoms with E-state index in [-0.39, 0.29) is 36.8 Å². The average Bonchev–Trinajstić information content (AvgIpc) is 3.47. The van der Waals surface area contributed by atoms with Gasteiger partial charge in [0.1, 0.15) is 12.4 Å². The van der Waals surface area contributed by atoms with E-state index < -0.39 is 11.6 Å². The lowest BCUT2D eigenvalue weighted by Gasteiger charge is -2.33. The summed E-state index contributed by atoms with van der Waals surface area (Å²) in [4.78, 5) is 14.5. The van der Waals surface area contributed by atoms with Crippen LogP contribution in [-0.2, 0) is 11.4 Å². The van der Waals surface area contributed by atoms with E-state index in [0.29, 0.717) is 17.6 Å². The summed E-state index contributed by atoms with van der Waals surface area (Å²) in [5.41, 5.74) is 1.44. The fourth-order valence-electron chi connectivity index (χ4n) is 4.83. The van der Waals surface area contributed by atoms with Gasteiger partial charge in [-0.2, -0.15) is 0 Å². The smallest absolute Gasteiger partial charge is 0.236 e. The topological polar surface area (TPSA) is 53.6 Å². The van der Waals surface area contributed by atoms with E-state index in [1.54, 1.807) is 0 Å². The molecule has 5 rings (SSSR count). The van der Waals surface area contributed by atoms with Crippen molar-refractivity contribution in [1.29, 1.82) is 0 Å². The van der Waals surface area contributed by atoms with Crippen LogP contribution in [-0.4, -0.2) is 48.6 Å². The van der Waals surface area contributed by atoms with Crippen molar-refractivity contribution in [1.82, 2.24) is 15.5 Å². The molecule has 2 bridgehead atoms. The highest BCUT2D eigenvalue weighted by atomic mass is 19.1. The summed E-state index contributed by atoms with van der Waals surface area (Å²) in [5.74, 6) is -1.18. The molecule has 1 amide bonds. The number of fused-ring (bicyclic) bond motifs is 2. The molecule has 2 aromatic rings.